The molecule has 2 aliphatic rings. The van der Waals surface area contributed by atoms with Crippen molar-refractivity contribution in [3.05, 3.63) is 34.9 Å². The number of nitrogens with zero attached hydrogens (tertiary/aromatic N) is 1. The second kappa shape index (κ2) is 6.41. The van der Waals surface area contributed by atoms with Crippen LogP contribution in [0, 0.1) is 24.5 Å². The molecular weight excluding hydrogens is 270 g/mol. The van der Waals surface area contributed by atoms with Gasteiger partial charge >= 0.3 is 0 Å². The van der Waals surface area contributed by atoms with E-state index < -0.39 is 0 Å². The monoisotopic (exact) mass is 294 g/mol. The van der Waals surface area contributed by atoms with Crippen molar-refractivity contribution in [3.8, 4) is 0 Å². The minimum absolute atomic E-state index is 0.102. The number of halogens is 2. The van der Waals surface area contributed by atoms with Gasteiger partial charge in [-0.3, -0.25) is 4.90 Å². The minimum Gasteiger partial charge on any atom is -0.314 e. The molecule has 1 atom stereocenters. The van der Waals surface area contributed by atoms with Crippen molar-refractivity contribution < 1.29 is 8.78 Å². The van der Waals surface area contributed by atoms with E-state index in [1.165, 1.54) is 25.0 Å². The van der Waals surface area contributed by atoms with Crippen LogP contribution in [0.25, 0.3) is 0 Å². The molecule has 2 nitrogen and oxygen atoms in total. The molecule has 1 aliphatic carbocycles. The fraction of sp³-hybridized carbons (Fsp3) is 0.647. The zero-order valence-corrected chi connectivity index (χ0v) is 12.7. The predicted molar refractivity (Wildman–Crippen MR) is 80.2 cm³/mol. The molecule has 1 saturated carbocycles. The number of hydrogen-bond acceptors (Lipinski definition) is 2. The van der Waals surface area contributed by atoms with E-state index in [0.29, 0.717) is 17.0 Å². The Morgan fingerprint density at radius 3 is 2.48 bits per heavy atom. The third-order valence-electron chi connectivity index (χ3n) is 5.01. The van der Waals surface area contributed by atoms with Crippen LogP contribution in [0.1, 0.15) is 42.9 Å². The molecule has 0 unspecified atom stereocenters. The maximum atomic E-state index is 14.6. The van der Waals surface area contributed by atoms with Crippen LogP contribution in [0.5, 0.6) is 0 Å². The summed E-state index contributed by atoms with van der Waals surface area (Å²) in [5.74, 6) is -0.340. The van der Waals surface area contributed by atoms with E-state index in [-0.39, 0.29) is 17.7 Å². The largest absolute Gasteiger partial charge is 0.314 e. The molecule has 1 aliphatic heterocycles. The third-order valence-corrected chi connectivity index (χ3v) is 5.01. The van der Waals surface area contributed by atoms with Crippen LogP contribution < -0.4 is 5.32 Å². The second-order valence-corrected chi connectivity index (χ2v) is 6.37. The fourth-order valence-electron chi connectivity index (χ4n) is 3.90. The Kier molecular flexibility index (Phi) is 4.55. The number of nitrogens with one attached hydrogen (secondary N) is 1. The van der Waals surface area contributed by atoms with Crippen LogP contribution >= 0.6 is 0 Å². The molecule has 0 radical (unpaired) electrons. The number of hydrogen-bond donors (Lipinski definition) is 1. The van der Waals surface area contributed by atoms with Crippen molar-refractivity contribution in [1.29, 1.82) is 0 Å². The summed E-state index contributed by atoms with van der Waals surface area (Å²) >= 11 is 0. The second-order valence-electron chi connectivity index (χ2n) is 6.37. The summed E-state index contributed by atoms with van der Waals surface area (Å²) in [6.07, 6.45) is 4.54. The predicted octanol–water partition coefficient (Wildman–Crippen LogP) is 3.41. The van der Waals surface area contributed by atoms with E-state index in [4.69, 9.17) is 0 Å². The van der Waals surface area contributed by atoms with Crippen molar-refractivity contribution in [1.82, 2.24) is 10.2 Å². The standard InChI is InChI=1S/C17H24F2N2/c1-12-6-7-14(18)15(16(12)19)17(13-4-2-3-5-13)21-10-8-20-9-11-21/h6-7,13,17,20H,2-5,8-11H2,1H3/t17-/m0/s1. The van der Waals surface area contributed by atoms with Crippen molar-refractivity contribution >= 4 is 0 Å². The lowest BCUT2D eigenvalue weighted by Gasteiger charge is -2.39. The van der Waals surface area contributed by atoms with Crippen LogP contribution in [0.15, 0.2) is 12.1 Å². The Morgan fingerprint density at radius 2 is 1.81 bits per heavy atom. The normalized spacial score (nSPS) is 22.6. The van der Waals surface area contributed by atoms with Crippen LogP contribution in [-0.4, -0.2) is 31.1 Å². The molecule has 4 heteroatoms. The molecule has 1 N–H and O–H groups in total. The van der Waals surface area contributed by atoms with E-state index >= 15 is 0 Å². The number of rotatable bonds is 3. The van der Waals surface area contributed by atoms with Crippen molar-refractivity contribution in [2.45, 2.75) is 38.6 Å². The van der Waals surface area contributed by atoms with Gasteiger partial charge in [0.15, 0.2) is 0 Å². The van der Waals surface area contributed by atoms with E-state index in [9.17, 15) is 8.78 Å². The van der Waals surface area contributed by atoms with Crippen molar-refractivity contribution in [2.24, 2.45) is 5.92 Å². The van der Waals surface area contributed by atoms with E-state index in [2.05, 4.69) is 10.2 Å². The molecule has 1 heterocycles. The first kappa shape index (κ1) is 14.9. The van der Waals surface area contributed by atoms with E-state index in [0.717, 1.165) is 39.0 Å². The van der Waals surface area contributed by atoms with Crippen LogP contribution in [0.4, 0.5) is 8.78 Å². The Hall–Kier alpha value is -1.00. The van der Waals surface area contributed by atoms with Gasteiger partial charge in [0.25, 0.3) is 0 Å². The summed E-state index contributed by atoms with van der Waals surface area (Å²) in [4.78, 5) is 2.29. The average Bonchev–Trinajstić information content (AvgIpc) is 3.02. The maximum absolute atomic E-state index is 14.6. The molecule has 0 bridgehead atoms. The lowest BCUT2D eigenvalue weighted by atomic mass is 9.88. The third kappa shape index (κ3) is 2.97. The lowest BCUT2D eigenvalue weighted by molar-refractivity contribution is 0.119. The highest BCUT2D eigenvalue weighted by Gasteiger charge is 2.35. The van der Waals surface area contributed by atoms with E-state index in [1.807, 2.05) is 0 Å². The summed E-state index contributed by atoms with van der Waals surface area (Å²) in [7, 11) is 0. The van der Waals surface area contributed by atoms with Gasteiger partial charge in [0.2, 0.25) is 0 Å². The zero-order valence-electron chi connectivity index (χ0n) is 12.7. The quantitative estimate of drug-likeness (QED) is 0.919. The topological polar surface area (TPSA) is 15.3 Å². The van der Waals surface area contributed by atoms with Gasteiger partial charge in [-0.05, 0) is 37.3 Å². The Morgan fingerprint density at radius 1 is 1.14 bits per heavy atom. The van der Waals surface area contributed by atoms with Gasteiger partial charge in [-0.1, -0.05) is 18.9 Å². The highest BCUT2D eigenvalue weighted by atomic mass is 19.1. The zero-order chi connectivity index (χ0) is 14.8. The Bertz CT molecular complexity index is 492. The van der Waals surface area contributed by atoms with Gasteiger partial charge in [0.05, 0.1) is 0 Å². The molecule has 1 saturated heterocycles. The number of aryl methyl sites for hydroxylation is 1. The molecular formula is C17H24F2N2. The Labute approximate surface area is 125 Å². The van der Waals surface area contributed by atoms with Gasteiger partial charge in [0, 0.05) is 37.8 Å². The molecule has 1 aromatic rings. The summed E-state index contributed by atoms with van der Waals surface area (Å²) in [5.41, 5.74) is 0.855. The SMILES string of the molecule is Cc1ccc(F)c([C@H](C2CCCC2)N2CCNCC2)c1F. The van der Waals surface area contributed by atoms with Gasteiger partial charge in [-0.15, -0.1) is 0 Å². The van der Waals surface area contributed by atoms with Crippen LogP contribution in [0.2, 0.25) is 0 Å². The average molecular weight is 294 g/mol. The molecule has 21 heavy (non-hydrogen) atoms. The first-order valence-corrected chi connectivity index (χ1v) is 8.07. The highest BCUT2D eigenvalue weighted by molar-refractivity contribution is 5.30. The molecule has 0 spiro atoms. The van der Waals surface area contributed by atoms with Gasteiger partial charge in [-0.2, -0.15) is 0 Å². The maximum Gasteiger partial charge on any atom is 0.133 e. The first-order valence-electron chi connectivity index (χ1n) is 8.07. The summed E-state index contributed by atoms with van der Waals surface area (Å²) in [6, 6.07) is 2.87. The molecule has 3 rings (SSSR count). The summed E-state index contributed by atoms with van der Waals surface area (Å²) < 4.78 is 29.0. The molecule has 0 aromatic heterocycles. The van der Waals surface area contributed by atoms with Gasteiger partial charge in [-0.25, -0.2) is 8.78 Å². The summed E-state index contributed by atoms with van der Waals surface area (Å²) in [5, 5.41) is 3.32. The fourth-order valence-corrected chi connectivity index (χ4v) is 3.90. The first-order chi connectivity index (χ1) is 10.2. The Balaban J connectivity index is 1.99. The van der Waals surface area contributed by atoms with Crippen molar-refractivity contribution in [3.63, 3.8) is 0 Å². The molecule has 2 fully saturated rings. The smallest absolute Gasteiger partial charge is 0.133 e. The van der Waals surface area contributed by atoms with Crippen LogP contribution in [-0.2, 0) is 0 Å². The number of benzene rings is 1. The van der Waals surface area contributed by atoms with Gasteiger partial charge in [0.1, 0.15) is 11.6 Å². The minimum atomic E-state index is -0.381. The molecule has 0 amide bonds. The summed E-state index contributed by atoms with van der Waals surface area (Å²) in [6.45, 7) is 5.26. The molecule has 1 aromatic carbocycles. The lowest BCUT2D eigenvalue weighted by Crippen LogP contribution is -2.47. The van der Waals surface area contributed by atoms with E-state index in [1.54, 1.807) is 6.92 Å². The molecule has 116 valence electrons. The highest BCUT2D eigenvalue weighted by Crippen LogP contribution is 2.41. The van der Waals surface area contributed by atoms with Gasteiger partial charge < -0.3 is 5.32 Å². The van der Waals surface area contributed by atoms with Crippen molar-refractivity contribution in [2.75, 3.05) is 26.2 Å². The number of piperazine rings is 1. The van der Waals surface area contributed by atoms with Crippen LogP contribution in [0.3, 0.4) is 0 Å².